The van der Waals surface area contributed by atoms with E-state index in [1.54, 1.807) is 0 Å². The van der Waals surface area contributed by atoms with Gasteiger partial charge in [-0.05, 0) is 33.0 Å². The maximum Gasteiger partial charge on any atom is 0.300 e. The van der Waals surface area contributed by atoms with Crippen LogP contribution in [0.2, 0.25) is 5.02 Å². The van der Waals surface area contributed by atoms with Gasteiger partial charge in [0, 0.05) is 19.1 Å². The summed E-state index contributed by atoms with van der Waals surface area (Å²) in [5.74, 6) is -0.489. The molecule has 6 nitrogen and oxygen atoms in total. The molecule has 20 heavy (non-hydrogen) atoms. The molecule has 0 fully saturated rings. The number of rotatable bonds is 6. The molecule has 1 aromatic rings. The number of nitrogens with zero attached hydrogens (tertiary/aromatic N) is 2. The van der Waals surface area contributed by atoms with Gasteiger partial charge in [-0.15, -0.1) is 0 Å². The van der Waals surface area contributed by atoms with Crippen molar-refractivity contribution < 1.29 is 9.72 Å². The van der Waals surface area contributed by atoms with E-state index in [-0.39, 0.29) is 16.3 Å². The predicted molar refractivity (Wildman–Crippen MR) is 78.2 cm³/mol. The zero-order valence-corrected chi connectivity index (χ0v) is 12.5. The van der Waals surface area contributed by atoms with Gasteiger partial charge in [0.1, 0.15) is 10.6 Å². The van der Waals surface area contributed by atoms with Crippen LogP contribution in [0.3, 0.4) is 0 Å². The quantitative estimate of drug-likeness (QED) is 0.646. The first kappa shape index (κ1) is 16.4. The largest absolute Gasteiger partial charge is 0.351 e. The van der Waals surface area contributed by atoms with E-state index < -0.39 is 10.8 Å². The molecule has 0 aromatic heterocycles. The first-order valence-electron chi connectivity index (χ1n) is 6.26. The van der Waals surface area contributed by atoms with Crippen molar-refractivity contribution in [1.82, 2.24) is 10.2 Å². The number of benzene rings is 1. The smallest absolute Gasteiger partial charge is 0.300 e. The molecular weight excluding hydrogens is 282 g/mol. The number of likely N-dealkylation sites (N-methyl/N-ethyl adjacent to an activating group) is 1. The van der Waals surface area contributed by atoms with Crippen LogP contribution in [0.25, 0.3) is 0 Å². The predicted octanol–water partition coefficient (Wildman–Crippen LogP) is 2.32. The second kappa shape index (κ2) is 7.21. The van der Waals surface area contributed by atoms with Crippen molar-refractivity contribution in [2.75, 3.05) is 20.1 Å². The van der Waals surface area contributed by atoms with Crippen molar-refractivity contribution in [2.45, 2.75) is 19.9 Å². The second-order valence-corrected chi connectivity index (χ2v) is 5.13. The minimum Gasteiger partial charge on any atom is -0.351 e. The summed E-state index contributed by atoms with van der Waals surface area (Å²) in [5.41, 5.74) is -0.376. The van der Waals surface area contributed by atoms with Crippen LogP contribution in [-0.2, 0) is 0 Å². The number of nitrogens with one attached hydrogen (secondary N) is 1. The Labute approximate surface area is 122 Å². The molecular formula is C13H18ClN3O3. The standard InChI is InChI=1S/C13H18ClN3O3/c1-9(2)16(3)8-7-15-13(18)10-5-4-6-11(14)12(10)17(19)20/h4-6,9H,7-8H2,1-3H3,(H,15,18). The highest BCUT2D eigenvalue weighted by molar-refractivity contribution is 6.33. The normalized spacial score (nSPS) is 10.9. The molecule has 0 aliphatic carbocycles. The lowest BCUT2D eigenvalue weighted by Crippen LogP contribution is -2.36. The van der Waals surface area contributed by atoms with Gasteiger partial charge in [-0.1, -0.05) is 17.7 Å². The van der Waals surface area contributed by atoms with Crippen LogP contribution < -0.4 is 5.32 Å². The number of carbonyl (C=O) groups is 1. The Morgan fingerprint density at radius 3 is 2.70 bits per heavy atom. The topological polar surface area (TPSA) is 75.5 Å². The number of halogens is 1. The monoisotopic (exact) mass is 299 g/mol. The van der Waals surface area contributed by atoms with Crippen molar-refractivity contribution in [1.29, 1.82) is 0 Å². The Morgan fingerprint density at radius 2 is 2.15 bits per heavy atom. The molecule has 0 heterocycles. The third-order valence-electron chi connectivity index (χ3n) is 3.05. The van der Waals surface area contributed by atoms with Gasteiger partial charge in [-0.25, -0.2) is 0 Å². The molecule has 0 radical (unpaired) electrons. The molecule has 7 heteroatoms. The molecule has 0 bridgehead atoms. The SMILES string of the molecule is CC(C)N(C)CCNC(=O)c1cccc(Cl)c1[N+](=O)[O-]. The Hall–Kier alpha value is -1.66. The number of hydrogen-bond donors (Lipinski definition) is 1. The van der Waals surface area contributed by atoms with Gasteiger partial charge >= 0.3 is 5.69 Å². The molecule has 0 aliphatic heterocycles. The number of para-hydroxylation sites is 1. The second-order valence-electron chi connectivity index (χ2n) is 4.72. The van der Waals surface area contributed by atoms with Crippen molar-refractivity contribution >= 4 is 23.2 Å². The lowest BCUT2D eigenvalue weighted by molar-refractivity contribution is -0.385. The molecule has 0 saturated heterocycles. The molecule has 0 saturated carbocycles. The van der Waals surface area contributed by atoms with Crippen LogP contribution in [0.1, 0.15) is 24.2 Å². The summed E-state index contributed by atoms with van der Waals surface area (Å²) in [6.07, 6.45) is 0. The van der Waals surface area contributed by atoms with E-state index >= 15 is 0 Å². The first-order valence-corrected chi connectivity index (χ1v) is 6.63. The van der Waals surface area contributed by atoms with Gasteiger partial charge in [0.25, 0.3) is 5.91 Å². The molecule has 1 N–H and O–H groups in total. The highest BCUT2D eigenvalue weighted by atomic mass is 35.5. The Balaban J connectivity index is 2.74. The molecule has 1 rings (SSSR count). The van der Waals surface area contributed by atoms with Crippen LogP contribution in [0.15, 0.2) is 18.2 Å². The van der Waals surface area contributed by atoms with E-state index in [9.17, 15) is 14.9 Å². The van der Waals surface area contributed by atoms with Crippen molar-refractivity contribution in [3.05, 3.63) is 38.9 Å². The molecule has 0 unspecified atom stereocenters. The van der Waals surface area contributed by atoms with E-state index in [4.69, 9.17) is 11.6 Å². The van der Waals surface area contributed by atoms with Crippen molar-refractivity contribution in [3.63, 3.8) is 0 Å². The summed E-state index contributed by atoms with van der Waals surface area (Å²) >= 11 is 5.76. The fourth-order valence-electron chi connectivity index (χ4n) is 1.58. The highest BCUT2D eigenvalue weighted by Gasteiger charge is 2.23. The fraction of sp³-hybridized carbons (Fsp3) is 0.462. The van der Waals surface area contributed by atoms with Crippen LogP contribution in [0, 0.1) is 10.1 Å². The zero-order valence-electron chi connectivity index (χ0n) is 11.7. The maximum absolute atomic E-state index is 12.0. The zero-order chi connectivity index (χ0) is 15.3. The molecule has 0 atom stereocenters. The first-order chi connectivity index (χ1) is 9.34. The van der Waals surface area contributed by atoms with Crippen LogP contribution in [0.4, 0.5) is 5.69 Å². The lowest BCUT2D eigenvalue weighted by Gasteiger charge is -2.20. The van der Waals surface area contributed by atoms with Gasteiger partial charge in [0.05, 0.1) is 4.92 Å². The van der Waals surface area contributed by atoms with Gasteiger partial charge in [-0.2, -0.15) is 0 Å². The third kappa shape index (κ3) is 4.18. The minimum atomic E-state index is -0.641. The maximum atomic E-state index is 12.0. The molecule has 1 amide bonds. The van der Waals surface area contributed by atoms with Crippen molar-refractivity contribution in [2.24, 2.45) is 0 Å². The van der Waals surface area contributed by atoms with E-state index in [0.717, 1.165) is 0 Å². The number of amides is 1. The van der Waals surface area contributed by atoms with E-state index in [0.29, 0.717) is 19.1 Å². The molecule has 0 aliphatic rings. The molecule has 1 aromatic carbocycles. The van der Waals surface area contributed by atoms with Crippen LogP contribution in [-0.4, -0.2) is 41.9 Å². The lowest BCUT2D eigenvalue weighted by atomic mass is 10.1. The van der Waals surface area contributed by atoms with Gasteiger partial charge < -0.3 is 10.2 Å². The summed E-state index contributed by atoms with van der Waals surface area (Å²) in [7, 11) is 1.94. The van der Waals surface area contributed by atoms with E-state index in [2.05, 4.69) is 10.2 Å². The summed E-state index contributed by atoms with van der Waals surface area (Å²) in [5, 5.41) is 13.6. The Bertz CT molecular complexity index is 506. The highest BCUT2D eigenvalue weighted by Crippen LogP contribution is 2.27. The van der Waals surface area contributed by atoms with Gasteiger partial charge in [0.2, 0.25) is 0 Å². The number of nitro benzene ring substituents is 1. The third-order valence-corrected chi connectivity index (χ3v) is 3.35. The Morgan fingerprint density at radius 1 is 1.50 bits per heavy atom. The summed E-state index contributed by atoms with van der Waals surface area (Å²) in [6, 6.07) is 4.67. The Kier molecular flexibility index (Phi) is 5.91. The summed E-state index contributed by atoms with van der Waals surface area (Å²) in [6.45, 7) is 5.17. The van der Waals surface area contributed by atoms with Gasteiger partial charge in [-0.3, -0.25) is 14.9 Å². The number of nitro groups is 1. The van der Waals surface area contributed by atoms with Gasteiger partial charge in [0.15, 0.2) is 0 Å². The molecule has 110 valence electrons. The van der Waals surface area contributed by atoms with E-state index in [1.165, 1.54) is 18.2 Å². The summed E-state index contributed by atoms with van der Waals surface area (Å²) < 4.78 is 0. The number of hydrogen-bond acceptors (Lipinski definition) is 4. The number of carbonyl (C=O) groups excluding carboxylic acids is 1. The minimum absolute atomic E-state index is 0.0188. The van der Waals surface area contributed by atoms with Crippen LogP contribution in [0.5, 0.6) is 0 Å². The van der Waals surface area contributed by atoms with E-state index in [1.807, 2.05) is 20.9 Å². The summed E-state index contributed by atoms with van der Waals surface area (Å²) in [4.78, 5) is 24.4. The average Bonchev–Trinajstić information content (AvgIpc) is 2.37. The van der Waals surface area contributed by atoms with Crippen LogP contribution >= 0.6 is 11.6 Å². The molecule has 0 spiro atoms. The van der Waals surface area contributed by atoms with Crippen molar-refractivity contribution in [3.8, 4) is 0 Å². The average molecular weight is 300 g/mol. The fourth-order valence-corrected chi connectivity index (χ4v) is 1.83.